The molecule has 0 atom stereocenters. The Morgan fingerprint density at radius 2 is 1.72 bits per heavy atom. The Morgan fingerprint density at radius 1 is 1.11 bits per heavy atom. The van der Waals surface area contributed by atoms with E-state index in [1.165, 1.54) is 0 Å². The van der Waals surface area contributed by atoms with Gasteiger partial charge < -0.3 is 14.5 Å². The van der Waals surface area contributed by atoms with Gasteiger partial charge in [0.05, 0.1) is 25.3 Å². The highest BCUT2D eigenvalue weighted by Gasteiger charge is 2.15. The van der Waals surface area contributed by atoms with Crippen molar-refractivity contribution >= 4 is 11.0 Å². The minimum atomic E-state index is 0.210. The first-order valence-corrected chi connectivity index (χ1v) is 6.03. The number of nitrogens with one attached hydrogen (secondary N) is 1. The summed E-state index contributed by atoms with van der Waals surface area (Å²) in [6.07, 6.45) is 0.909. The van der Waals surface area contributed by atoms with Gasteiger partial charge in [-0.25, -0.2) is 4.98 Å². The van der Waals surface area contributed by atoms with Gasteiger partial charge in [-0.3, -0.25) is 0 Å². The number of ether oxygens (including phenoxy) is 2. The highest BCUT2D eigenvalue weighted by Crippen LogP contribution is 2.31. The molecule has 1 N–H and O–H groups in total. The van der Waals surface area contributed by atoms with Gasteiger partial charge in [0, 0.05) is 18.6 Å². The van der Waals surface area contributed by atoms with Gasteiger partial charge in [-0.15, -0.1) is 0 Å². The Bertz CT molecular complexity index is 512. The number of nitrogens with zero attached hydrogens (tertiary/aromatic N) is 1. The summed E-state index contributed by atoms with van der Waals surface area (Å²) in [7, 11) is 3.27. The monoisotopic (exact) mass is 248 g/mol. The summed E-state index contributed by atoms with van der Waals surface area (Å²) in [6.45, 7) is 6.59. The van der Waals surface area contributed by atoms with Crippen molar-refractivity contribution in [2.45, 2.75) is 27.2 Å². The van der Waals surface area contributed by atoms with E-state index in [4.69, 9.17) is 9.47 Å². The highest BCUT2D eigenvalue weighted by molar-refractivity contribution is 5.79. The second kappa shape index (κ2) is 4.52. The molecule has 1 aromatic carbocycles. The fraction of sp³-hybridized carbons (Fsp3) is 0.500. The number of imidazole rings is 1. The molecule has 4 heteroatoms. The molecular weight excluding hydrogens is 228 g/mol. The average molecular weight is 248 g/mol. The lowest BCUT2D eigenvalue weighted by atomic mass is 9.92. The number of aromatic nitrogens is 2. The van der Waals surface area contributed by atoms with E-state index in [1.54, 1.807) is 14.2 Å². The Morgan fingerprint density at radius 3 is 2.28 bits per heavy atom. The average Bonchev–Trinajstić information content (AvgIpc) is 2.65. The van der Waals surface area contributed by atoms with Crippen LogP contribution in [-0.2, 0) is 6.42 Å². The van der Waals surface area contributed by atoms with Crippen LogP contribution in [-0.4, -0.2) is 24.2 Å². The van der Waals surface area contributed by atoms with Crippen LogP contribution in [0.2, 0.25) is 0 Å². The maximum Gasteiger partial charge on any atom is 0.163 e. The lowest BCUT2D eigenvalue weighted by Gasteiger charge is -2.15. The van der Waals surface area contributed by atoms with E-state index in [9.17, 15) is 0 Å². The molecule has 98 valence electrons. The second-order valence-electron chi connectivity index (χ2n) is 5.65. The fourth-order valence-electron chi connectivity index (χ4n) is 1.98. The number of rotatable bonds is 3. The van der Waals surface area contributed by atoms with E-state index >= 15 is 0 Å². The molecule has 0 radical (unpaired) electrons. The Kier molecular flexibility index (Phi) is 3.20. The minimum Gasteiger partial charge on any atom is -0.493 e. The van der Waals surface area contributed by atoms with E-state index in [-0.39, 0.29) is 5.41 Å². The third kappa shape index (κ3) is 2.58. The van der Waals surface area contributed by atoms with Crippen molar-refractivity contribution in [3.05, 3.63) is 18.0 Å². The quantitative estimate of drug-likeness (QED) is 0.907. The molecule has 0 aliphatic rings. The Hall–Kier alpha value is -1.71. The van der Waals surface area contributed by atoms with Crippen LogP contribution in [0.1, 0.15) is 26.6 Å². The summed E-state index contributed by atoms with van der Waals surface area (Å²) in [5.74, 6) is 2.42. The molecular formula is C14H20N2O2. The summed E-state index contributed by atoms with van der Waals surface area (Å²) >= 11 is 0. The molecule has 0 amide bonds. The van der Waals surface area contributed by atoms with Crippen molar-refractivity contribution in [1.82, 2.24) is 9.97 Å². The van der Waals surface area contributed by atoms with Crippen molar-refractivity contribution in [3.8, 4) is 11.5 Å². The molecule has 2 aromatic rings. The first-order chi connectivity index (χ1) is 8.43. The van der Waals surface area contributed by atoms with Crippen LogP contribution in [0.25, 0.3) is 11.0 Å². The Balaban J connectivity index is 2.45. The second-order valence-corrected chi connectivity index (χ2v) is 5.65. The predicted octanol–water partition coefficient (Wildman–Crippen LogP) is 3.17. The van der Waals surface area contributed by atoms with Gasteiger partial charge in [0.25, 0.3) is 0 Å². The normalized spacial score (nSPS) is 11.8. The molecule has 1 heterocycles. The number of benzene rings is 1. The molecule has 0 unspecified atom stereocenters. The van der Waals surface area contributed by atoms with E-state index in [0.29, 0.717) is 5.75 Å². The van der Waals surface area contributed by atoms with Gasteiger partial charge in [-0.2, -0.15) is 0 Å². The summed E-state index contributed by atoms with van der Waals surface area (Å²) in [5, 5.41) is 0. The molecule has 0 aliphatic carbocycles. The molecule has 0 spiro atoms. The van der Waals surface area contributed by atoms with Crippen molar-refractivity contribution in [2.75, 3.05) is 14.2 Å². The molecule has 1 aromatic heterocycles. The third-order valence-corrected chi connectivity index (χ3v) is 2.73. The number of hydrogen-bond donors (Lipinski definition) is 1. The molecule has 4 nitrogen and oxygen atoms in total. The van der Waals surface area contributed by atoms with Gasteiger partial charge in [0.1, 0.15) is 5.82 Å². The molecule has 0 aliphatic heterocycles. The topological polar surface area (TPSA) is 47.1 Å². The molecule has 0 saturated heterocycles. The maximum absolute atomic E-state index is 5.28. The summed E-state index contributed by atoms with van der Waals surface area (Å²) in [6, 6.07) is 3.82. The van der Waals surface area contributed by atoms with Crippen LogP contribution in [0.3, 0.4) is 0 Å². The minimum absolute atomic E-state index is 0.210. The molecule has 0 bridgehead atoms. The van der Waals surface area contributed by atoms with E-state index in [1.807, 2.05) is 12.1 Å². The summed E-state index contributed by atoms with van der Waals surface area (Å²) < 4.78 is 10.6. The summed E-state index contributed by atoms with van der Waals surface area (Å²) in [5.41, 5.74) is 2.10. The molecule has 18 heavy (non-hydrogen) atoms. The van der Waals surface area contributed by atoms with Crippen LogP contribution >= 0.6 is 0 Å². The van der Waals surface area contributed by atoms with Gasteiger partial charge in [-0.1, -0.05) is 20.8 Å². The number of aromatic amines is 1. The first-order valence-electron chi connectivity index (χ1n) is 6.03. The first kappa shape index (κ1) is 12.7. The molecule has 0 saturated carbocycles. The van der Waals surface area contributed by atoms with Gasteiger partial charge in [-0.05, 0) is 5.41 Å². The number of hydrogen-bond acceptors (Lipinski definition) is 3. The number of H-pyrrole nitrogens is 1. The van der Waals surface area contributed by atoms with E-state index < -0.39 is 0 Å². The summed E-state index contributed by atoms with van der Waals surface area (Å²) in [4.78, 5) is 7.92. The smallest absolute Gasteiger partial charge is 0.163 e. The zero-order chi connectivity index (χ0) is 13.3. The maximum atomic E-state index is 5.28. The fourth-order valence-corrected chi connectivity index (χ4v) is 1.98. The van der Waals surface area contributed by atoms with E-state index in [2.05, 4.69) is 30.7 Å². The molecule has 2 rings (SSSR count). The van der Waals surface area contributed by atoms with Crippen molar-refractivity contribution in [1.29, 1.82) is 0 Å². The van der Waals surface area contributed by atoms with Crippen LogP contribution < -0.4 is 9.47 Å². The number of methoxy groups -OCH3 is 2. The van der Waals surface area contributed by atoms with Crippen molar-refractivity contribution < 1.29 is 9.47 Å². The third-order valence-electron chi connectivity index (χ3n) is 2.73. The van der Waals surface area contributed by atoms with Crippen molar-refractivity contribution in [3.63, 3.8) is 0 Å². The van der Waals surface area contributed by atoms with Crippen LogP contribution in [0.5, 0.6) is 11.5 Å². The zero-order valence-corrected chi connectivity index (χ0v) is 11.6. The van der Waals surface area contributed by atoms with Gasteiger partial charge in [0.15, 0.2) is 11.5 Å². The van der Waals surface area contributed by atoms with E-state index in [0.717, 1.165) is 29.0 Å². The standard InChI is InChI=1S/C14H20N2O2/c1-14(2,3)8-13-15-9-6-11(17-4)12(18-5)7-10(9)16-13/h6-7H,8H2,1-5H3,(H,15,16). The predicted molar refractivity (Wildman–Crippen MR) is 72.4 cm³/mol. The zero-order valence-electron chi connectivity index (χ0n) is 11.6. The number of fused-ring (bicyclic) bond motifs is 1. The molecule has 0 fully saturated rings. The van der Waals surface area contributed by atoms with Crippen LogP contribution in [0.4, 0.5) is 0 Å². The largest absolute Gasteiger partial charge is 0.493 e. The Labute approximate surface area is 107 Å². The van der Waals surface area contributed by atoms with Crippen LogP contribution in [0, 0.1) is 5.41 Å². The van der Waals surface area contributed by atoms with Gasteiger partial charge in [0.2, 0.25) is 0 Å². The van der Waals surface area contributed by atoms with Gasteiger partial charge >= 0.3 is 0 Å². The van der Waals surface area contributed by atoms with Crippen LogP contribution in [0.15, 0.2) is 12.1 Å². The lowest BCUT2D eigenvalue weighted by Crippen LogP contribution is -2.10. The lowest BCUT2D eigenvalue weighted by molar-refractivity contribution is 0.356. The van der Waals surface area contributed by atoms with Crippen molar-refractivity contribution in [2.24, 2.45) is 5.41 Å². The highest BCUT2D eigenvalue weighted by atomic mass is 16.5. The SMILES string of the molecule is COc1cc2nc(CC(C)(C)C)[nH]c2cc1OC.